The zero-order valence-electron chi connectivity index (χ0n) is 15.5. The van der Waals surface area contributed by atoms with Gasteiger partial charge in [-0.25, -0.2) is 0 Å². The lowest BCUT2D eigenvalue weighted by atomic mass is 9.78. The van der Waals surface area contributed by atoms with Crippen molar-refractivity contribution < 1.29 is 0 Å². The lowest BCUT2D eigenvalue weighted by Crippen LogP contribution is -2.29. The summed E-state index contributed by atoms with van der Waals surface area (Å²) < 4.78 is 0. The predicted molar refractivity (Wildman–Crippen MR) is 111 cm³/mol. The molecule has 1 aliphatic carbocycles. The van der Waals surface area contributed by atoms with Crippen LogP contribution in [0.25, 0.3) is 0 Å². The molecule has 0 amide bonds. The lowest BCUT2D eigenvalue weighted by Gasteiger charge is -2.25. The first-order chi connectivity index (χ1) is 12.8. The van der Waals surface area contributed by atoms with E-state index < -0.39 is 0 Å². The smallest absolute Gasteiger partial charge is 0.0342 e. The molecule has 26 heavy (non-hydrogen) atoms. The molecule has 1 saturated carbocycles. The Bertz CT molecular complexity index is 761. The lowest BCUT2D eigenvalue weighted by molar-refractivity contribution is 0.470. The molecule has 4 unspecified atom stereocenters. The van der Waals surface area contributed by atoms with Gasteiger partial charge in [0.25, 0.3) is 0 Å². The molecule has 0 spiro atoms. The molecule has 3 aromatic rings. The number of benzene rings is 3. The highest BCUT2D eigenvalue weighted by Crippen LogP contribution is 2.53. The van der Waals surface area contributed by atoms with Gasteiger partial charge in [0, 0.05) is 11.7 Å². The topological polar surface area (TPSA) is 12.0 Å². The van der Waals surface area contributed by atoms with Crippen LogP contribution in [-0.4, -0.2) is 6.04 Å². The molecule has 0 bridgehead atoms. The fourth-order valence-corrected chi connectivity index (χ4v) is 4.94. The van der Waals surface area contributed by atoms with Crippen LogP contribution in [0.5, 0.6) is 0 Å². The number of hydrogen-bond acceptors (Lipinski definition) is 1. The highest BCUT2D eigenvalue weighted by molar-refractivity contribution is 5.46. The Kier molecular flexibility index (Phi) is 4.79. The van der Waals surface area contributed by atoms with Gasteiger partial charge in [0.15, 0.2) is 0 Å². The normalized spacial score (nSPS) is 28.0. The van der Waals surface area contributed by atoms with Crippen LogP contribution in [0, 0.1) is 11.8 Å². The third kappa shape index (κ3) is 3.14. The van der Waals surface area contributed by atoms with Crippen LogP contribution >= 0.6 is 0 Å². The highest BCUT2D eigenvalue weighted by atomic mass is 14.9. The van der Waals surface area contributed by atoms with Crippen molar-refractivity contribution in [1.82, 2.24) is 0 Å². The molecule has 0 heterocycles. The summed E-state index contributed by atoms with van der Waals surface area (Å²) in [6, 6.07) is 33.2. The highest BCUT2D eigenvalue weighted by Gasteiger charge is 2.47. The molecule has 5 atom stereocenters. The van der Waals surface area contributed by atoms with Crippen molar-refractivity contribution in [2.75, 3.05) is 5.32 Å². The van der Waals surface area contributed by atoms with E-state index in [4.69, 9.17) is 0 Å². The predicted octanol–water partition coefficient (Wildman–Crippen LogP) is 6.32. The Morgan fingerprint density at radius 2 is 0.923 bits per heavy atom. The van der Waals surface area contributed by atoms with Gasteiger partial charge in [-0.3, -0.25) is 0 Å². The van der Waals surface area contributed by atoms with Crippen molar-refractivity contribution in [3.8, 4) is 0 Å². The van der Waals surface area contributed by atoms with Gasteiger partial charge in [0.2, 0.25) is 0 Å². The van der Waals surface area contributed by atoms with E-state index in [9.17, 15) is 0 Å². The summed E-state index contributed by atoms with van der Waals surface area (Å²) in [7, 11) is 0. The van der Waals surface area contributed by atoms with Gasteiger partial charge < -0.3 is 5.32 Å². The van der Waals surface area contributed by atoms with Crippen LogP contribution in [0.2, 0.25) is 0 Å². The number of rotatable bonds is 4. The summed E-state index contributed by atoms with van der Waals surface area (Å²) in [6.07, 6.45) is 0. The van der Waals surface area contributed by atoms with Crippen LogP contribution < -0.4 is 5.32 Å². The van der Waals surface area contributed by atoms with Gasteiger partial charge in [0.05, 0.1) is 0 Å². The van der Waals surface area contributed by atoms with E-state index in [2.05, 4.69) is 110 Å². The van der Waals surface area contributed by atoms with E-state index in [-0.39, 0.29) is 0 Å². The number of nitrogens with one attached hydrogen (secondary N) is 1. The minimum atomic E-state index is 0.452. The molecule has 1 heteroatoms. The minimum absolute atomic E-state index is 0.452. The molecule has 1 fully saturated rings. The first kappa shape index (κ1) is 16.9. The Morgan fingerprint density at radius 1 is 0.538 bits per heavy atom. The molecular formula is C25H27N. The average Bonchev–Trinajstić information content (AvgIpc) is 2.95. The first-order valence-electron chi connectivity index (χ1n) is 9.67. The van der Waals surface area contributed by atoms with E-state index in [1.807, 2.05) is 0 Å². The van der Waals surface area contributed by atoms with E-state index in [1.165, 1.54) is 16.8 Å². The van der Waals surface area contributed by atoms with Crippen LogP contribution in [0.1, 0.15) is 36.8 Å². The van der Waals surface area contributed by atoms with Crippen LogP contribution in [0.4, 0.5) is 5.69 Å². The van der Waals surface area contributed by atoms with Gasteiger partial charge in [0.1, 0.15) is 0 Å². The number of anilines is 1. The van der Waals surface area contributed by atoms with Crippen molar-refractivity contribution in [3.63, 3.8) is 0 Å². The second-order valence-corrected chi connectivity index (χ2v) is 7.63. The summed E-state index contributed by atoms with van der Waals surface area (Å²) in [5, 5.41) is 3.84. The standard InChI is InChI=1S/C25H27N/c1-18-23(20-12-6-3-7-13-20)24(21-14-8-4-9-15-21)19(2)25(18)26-22-16-10-5-11-17-22/h3-19,23-26H,1-2H3/t18?,19?,23-,24?,25?/m1/s1. The largest absolute Gasteiger partial charge is 0.382 e. The van der Waals surface area contributed by atoms with Crippen LogP contribution in [-0.2, 0) is 0 Å². The molecule has 0 aliphatic heterocycles. The van der Waals surface area contributed by atoms with Crippen molar-refractivity contribution in [3.05, 3.63) is 102 Å². The Hall–Kier alpha value is -2.54. The van der Waals surface area contributed by atoms with E-state index in [0.717, 1.165) is 0 Å². The van der Waals surface area contributed by atoms with Gasteiger partial charge in [-0.1, -0.05) is 92.7 Å². The first-order valence-corrected chi connectivity index (χ1v) is 9.67. The summed E-state index contributed by atoms with van der Waals surface area (Å²) in [5.74, 6) is 2.15. The third-order valence-corrected chi connectivity index (χ3v) is 6.13. The fraction of sp³-hybridized carbons (Fsp3) is 0.280. The maximum Gasteiger partial charge on any atom is 0.0342 e. The molecule has 3 aromatic carbocycles. The molecule has 1 aliphatic rings. The zero-order chi connectivity index (χ0) is 17.9. The molecular weight excluding hydrogens is 314 g/mol. The van der Waals surface area contributed by atoms with Crippen molar-refractivity contribution in [2.45, 2.75) is 31.7 Å². The summed E-state index contributed by atoms with van der Waals surface area (Å²) in [4.78, 5) is 0. The monoisotopic (exact) mass is 341 g/mol. The fourth-order valence-electron chi connectivity index (χ4n) is 4.94. The number of hydrogen-bond donors (Lipinski definition) is 1. The average molecular weight is 341 g/mol. The minimum Gasteiger partial charge on any atom is -0.382 e. The molecule has 4 rings (SSSR count). The van der Waals surface area contributed by atoms with Crippen LogP contribution in [0.15, 0.2) is 91.0 Å². The quantitative estimate of drug-likeness (QED) is 0.585. The van der Waals surface area contributed by atoms with Gasteiger partial charge in [-0.05, 0) is 46.9 Å². The molecule has 1 nitrogen and oxygen atoms in total. The summed E-state index contributed by atoms with van der Waals surface area (Å²) in [6.45, 7) is 4.83. The van der Waals surface area contributed by atoms with Crippen molar-refractivity contribution in [1.29, 1.82) is 0 Å². The third-order valence-electron chi connectivity index (χ3n) is 6.13. The molecule has 132 valence electrons. The maximum absolute atomic E-state index is 3.84. The van der Waals surface area contributed by atoms with Crippen LogP contribution in [0.3, 0.4) is 0 Å². The second-order valence-electron chi connectivity index (χ2n) is 7.63. The molecule has 0 radical (unpaired) electrons. The molecule has 0 saturated heterocycles. The van der Waals surface area contributed by atoms with E-state index >= 15 is 0 Å². The molecule has 1 N–H and O–H groups in total. The van der Waals surface area contributed by atoms with E-state index in [1.54, 1.807) is 0 Å². The van der Waals surface area contributed by atoms with Crippen molar-refractivity contribution in [2.24, 2.45) is 11.8 Å². The molecule has 0 aromatic heterocycles. The van der Waals surface area contributed by atoms with Gasteiger partial charge in [-0.15, -0.1) is 0 Å². The van der Waals surface area contributed by atoms with Gasteiger partial charge in [-0.2, -0.15) is 0 Å². The van der Waals surface area contributed by atoms with Crippen molar-refractivity contribution >= 4 is 5.69 Å². The zero-order valence-corrected chi connectivity index (χ0v) is 15.5. The Balaban J connectivity index is 1.72. The van der Waals surface area contributed by atoms with Gasteiger partial charge >= 0.3 is 0 Å². The Labute approximate surface area is 157 Å². The summed E-state index contributed by atoms with van der Waals surface area (Å²) in [5.41, 5.74) is 4.13. The second kappa shape index (κ2) is 7.37. The SMILES string of the molecule is CC1C(Nc2ccccc2)C(C)[C@H](c2ccccc2)C1c1ccccc1. The van der Waals surface area contributed by atoms with E-state index in [0.29, 0.717) is 29.7 Å². The number of para-hydroxylation sites is 1. The Morgan fingerprint density at radius 3 is 1.35 bits per heavy atom. The maximum atomic E-state index is 3.84. The summed E-state index contributed by atoms with van der Waals surface area (Å²) >= 11 is 0.